The molecular weight excluding hydrogens is 409 g/mol. The molecule has 11 heteroatoms. The highest BCUT2D eigenvalue weighted by Crippen LogP contribution is 2.26. The fraction of sp³-hybridized carbons (Fsp3) is 0.450. The van der Waals surface area contributed by atoms with Gasteiger partial charge in [0.1, 0.15) is 5.82 Å². The Morgan fingerprint density at radius 1 is 1.32 bits per heavy atom. The molecule has 2 aromatic rings. The van der Waals surface area contributed by atoms with Gasteiger partial charge in [0.2, 0.25) is 5.91 Å². The van der Waals surface area contributed by atoms with Gasteiger partial charge in [0.05, 0.1) is 35.9 Å². The van der Waals surface area contributed by atoms with Gasteiger partial charge in [-0.15, -0.1) is 0 Å². The number of hydrogen-bond donors (Lipinski definition) is 4. The van der Waals surface area contributed by atoms with Crippen LogP contribution in [0, 0.1) is 25.6 Å². The molecule has 0 bridgehead atoms. The number of aliphatic hydroxyl groups excluding tert-OH is 1. The summed E-state index contributed by atoms with van der Waals surface area (Å²) in [5.41, 5.74) is 2.09. The Labute approximate surface area is 178 Å². The fourth-order valence-electron chi connectivity index (χ4n) is 3.39. The largest absolute Gasteiger partial charge is 0.483 e. The number of aryl methyl sites for hydroxylation is 1. The minimum absolute atomic E-state index is 0.0751. The van der Waals surface area contributed by atoms with E-state index in [1.165, 1.54) is 6.20 Å². The number of nitrogens with one attached hydrogen (secondary N) is 2. The lowest BCUT2D eigenvalue weighted by Gasteiger charge is -2.16. The monoisotopic (exact) mass is 435 g/mol. The molecular formula is C20H26FN5O5. The van der Waals surface area contributed by atoms with Gasteiger partial charge in [0.15, 0.2) is 0 Å². The van der Waals surface area contributed by atoms with Gasteiger partial charge >= 0.3 is 0 Å². The highest BCUT2D eigenvalue weighted by atomic mass is 19.1. The Bertz CT molecular complexity index is 919. The highest BCUT2D eigenvalue weighted by Gasteiger charge is 2.37. The van der Waals surface area contributed by atoms with Crippen LogP contribution >= 0.6 is 0 Å². The van der Waals surface area contributed by atoms with Crippen molar-refractivity contribution in [2.45, 2.75) is 45.4 Å². The average Bonchev–Trinajstić information content (AvgIpc) is 3.25. The molecule has 1 aliphatic carbocycles. The standard InChI is InChI=1S/C19H24FN5O3.CH2O2/c1-11-12(2)25(10-23-11)4-3-22-18(27)13-6-16(17(26)7-13)24-19(28)14-5-15(20)9-21-8-14;2-1-3/h5,8-10,13,16-17,26H,3-4,6-7H2,1-2H3,(H,22,27)(H,24,28);1H,(H,2,3)/t13-,16-,17-;/m0./s1. The van der Waals surface area contributed by atoms with Gasteiger partial charge in [0.25, 0.3) is 12.4 Å². The van der Waals surface area contributed by atoms with E-state index in [4.69, 9.17) is 9.90 Å². The third-order valence-corrected chi connectivity index (χ3v) is 5.18. The number of amides is 2. The number of carbonyl (C=O) groups excluding carboxylic acids is 2. The van der Waals surface area contributed by atoms with Gasteiger partial charge in [-0.1, -0.05) is 0 Å². The summed E-state index contributed by atoms with van der Waals surface area (Å²) in [5, 5.41) is 22.6. The van der Waals surface area contributed by atoms with Crippen molar-refractivity contribution in [3.63, 3.8) is 0 Å². The van der Waals surface area contributed by atoms with Crippen LogP contribution in [0.25, 0.3) is 0 Å². The molecule has 4 N–H and O–H groups in total. The highest BCUT2D eigenvalue weighted by molar-refractivity contribution is 5.94. The number of carbonyl (C=O) groups is 3. The normalized spacial score (nSPS) is 19.8. The Morgan fingerprint density at radius 2 is 2.03 bits per heavy atom. The van der Waals surface area contributed by atoms with E-state index in [0.717, 1.165) is 23.7 Å². The van der Waals surface area contributed by atoms with Crippen LogP contribution in [0.4, 0.5) is 4.39 Å². The number of aromatic nitrogens is 3. The zero-order valence-electron chi connectivity index (χ0n) is 17.3. The number of hydrogen-bond acceptors (Lipinski definition) is 6. The zero-order chi connectivity index (χ0) is 23.0. The first kappa shape index (κ1) is 23.9. The lowest BCUT2D eigenvalue weighted by molar-refractivity contribution is -0.125. The molecule has 0 radical (unpaired) electrons. The summed E-state index contributed by atoms with van der Waals surface area (Å²) in [4.78, 5) is 40.8. The van der Waals surface area contributed by atoms with E-state index in [2.05, 4.69) is 20.6 Å². The van der Waals surface area contributed by atoms with Crippen molar-refractivity contribution in [3.8, 4) is 0 Å². The summed E-state index contributed by atoms with van der Waals surface area (Å²) < 4.78 is 15.2. The maximum absolute atomic E-state index is 13.2. The summed E-state index contributed by atoms with van der Waals surface area (Å²) >= 11 is 0. The van der Waals surface area contributed by atoms with Crippen molar-refractivity contribution in [1.29, 1.82) is 0 Å². The summed E-state index contributed by atoms with van der Waals surface area (Å²) in [6, 6.07) is 0.512. The van der Waals surface area contributed by atoms with Crippen LogP contribution in [0.15, 0.2) is 24.8 Å². The van der Waals surface area contributed by atoms with E-state index in [1.807, 2.05) is 18.4 Å². The number of pyridine rings is 1. The molecule has 0 aromatic carbocycles. The van der Waals surface area contributed by atoms with E-state index in [9.17, 15) is 19.1 Å². The molecule has 3 rings (SSSR count). The number of aliphatic hydroxyl groups is 1. The average molecular weight is 435 g/mol. The molecule has 1 fully saturated rings. The van der Waals surface area contributed by atoms with Crippen molar-refractivity contribution in [3.05, 3.63) is 47.6 Å². The second kappa shape index (κ2) is 11.2. The second-order valence-corrected chi connectivity index (χ2v) is 7.21. The van der Waals surface area contributed by atoms with Gasteiger partial charge in [0, 0.05) is 30.9 Å². The van der Waals surface area contributed by atoms with E-state index in [-0.39, 0.29) is 24.4 Å². The zero-order valence-corrected chi connectivity index (χ0v) is 17.3. The van der Waals surface area contributed by atoms with Crippen LogP contribution in [-0.2, 0) is 16.1 Å². The quantitative estimate of drug-likeness (QED) is 0.481. The smallest absolute Gasteiger partial charge is 0.290 e. The number of carboxylic acid groups (broad SMARTS) is 1. The van der Waals surface area contributed by atoms with Crippen LogP contribution in [0.5, 0.6) is 0 Å². The number of halogens is 1. The molecule has 0 aliphatic heterocycles. The van der Waals surface area contributed by atoms with E-state index in [1.54, 1.807) is 6.33 Å². The lowest BCUT2D eigenvalue weighted by atomic mass is 10.1. The van der Waals surface area contributed by atoms with E-state index >= 15 is 0 Å². The molecule has 1 saturated carbocycles. The molecule has 1 aliphatic rings. The summed E-state index contributed by atoms with van der Waals surface area (Å²) in [7, 11) is 0. The van der Waals surface area contributed by atoms with E-state index in [0.29, 0.717) is 19.5 Å². The summed E-state index contributed by atoms with van der Waals surface area (Å²) in [6.07, 6.45) is 3.76. The first-order chi connectivity index (χ1) is 14.8. The van der Waals surface area contributed by atoms with Crippen molar-refractivity contribution in [1.82, 2.24) is 25.2 Å². The molecule has 0 spiro atoms. The third-order valence-electron chi connectivity index (χ3n) is 5.18. The van der Waals surface area contributed by atoms with Gasteiger partial charge in [-0.05, 0) is 32.8 Å². The predicted octanol–water partition coefficient (Wildman–Crippen LogP) is 0.421. The molecule has 0 saturated heterocycles. The summed E-state index contributed by atoms with van der Waals surface area (Å²) in [5.74, 6) is -1.68. The third kappa shape index (κ3) is 6.57. The minimum Gasteiger partial charge on any atom is -0.483 e. The van der Waals surface area contributed by atoms with Crippen LogP contribution < -0.4 is 10.6 Å². The SMILES string of the molecule is Cc1ncn(CCNC(=O)[C@H]2C[C@H](NC(=O)c3cncc(F)c3)[C@@H](O)C2)c1C.O=CO. The summed E-state index contributed by atoms with van der Waals surface area (Å²) in [6.45, 7) is 4.71. The Hall–Kier alpha value is -3.34. The number of rotatable bonds is 6. The molecule has 0 unspecified atom stereocenters. The van der Waals surface area contributed by atoms with Crippen LogP contribution in [0.1, 0.15) is 34.6 Å². The molecule has 2 amide bonds. The van der Waals surface area contributed by atoms with Crippen molar-refractivity contribution in [2.24, 2.45) is 5.92 Å². The number of nitrogens with zero attached hydrogens (tertiary/aromatic N) is 3. The fourth-order valence-corrected chi connectivity index (χ4v) is 3.39. The molecule has 3 atom stereocenters. The first-order valence-electron chi connectivity index (χ1n) is 9.70. The van der Waals surface area contributed by atoms with Crippen molar-refractivity contribution >= 4 is 18.3 Å². The number of imidazole rings is 1. The molecule has 2 aromatic heterocycles. The Kier molecular flexibility index (Phi) is 8.62. The Morgan fingerprint density at radius 3 is 2.65 bits per heavy atom. The first-order valence-corrected chi connectivity index (χ1v) is 9.70. The van der Waals surface area contributed by atoms with Gasteiger partial charge in [-0.3, -0.25) is 19.4 Å². The maximum Gasteiger partial charge on any atom is 0.290 e. The maximum atomic E-state index is 13.2. The van der Waals surface area contributed by atoms with Gasteiger partial charge in [-0.2, -0.15) is 0 Å². The molecule has 31 heavy (non-hydrogen) atoms. The van der Waals surface area contributed by atoms with Crippen LogP contribution in [0.3, 0.4) is 0 Å². The van der Waals surface area contributed by atoms with Gasteiger partial charge < -0.3 is 25.4 Å². The van der Waals surface area contributed by atoms with Crippen LogP contribution in [0.2, 0.25) is 0 Å². The topological polar surface area (TPSA) is 146 Å². The lowest BCUT2D eigenvalue weighted by Crippen LogP contribution is -2.40. The molecule has 10 nitrogen and oxygen atoms in total. The Balaban J connectivity index is 0.00000107. The molecule has 2 heterocycles. The predicted molar refractivity (Wildman–Crippen MR) is 108 cm³/mol. The van der Waals surface area contributed by atoms with E-state index < -0.39 is 29.8 Å². The van der Waals surface area contributed by atoms with Crippen LogP contribution in [-0.4, -0.2) is 61.7 Å². The van der Waals surface area contributed by atoms with Gasteiger partial charge in [-0.25, -0.2) is 9.37 Å². The minimum atomic E-state index is -0.834. The molecule has 168 valence electrons. The van der Waals surface area contributed by atoms with Crippen molar-refractivity contribution < 1.29 is 29.0 Å². The van der Waals surface area contributed by atoms with Crippen molar-refractivity contribution in [2.75, 3.05) is 6.54 Å². The second-order valence-electron chi connectivity index (χ2n) is 7.21.